The van der Waals surface area contributed by atoms with Crippen molar-refractivity contribution in [3.05, 3.63) is 17.5 Å². The highest BCUT2D eigenvalue weighted by Gasteiger charge is 2.32. The van der Waals surface area contributed by atoms with Crippen molar-refractivity contribution in [1.82, 2.24) is 10.1 Å². The molecule has 1 amide bonds. The highest BCUT2D eigenvalue weighted by atomic mass is 16.5. The third-order valence-electron chi connectivity index (χ3n) is 3.69. The molecule has 0 radical (unpaired) electrons. The van der Waals surface area contributed by atoms with Crippen LogP contribution in [-0.4, -0.2) is 38.9 Å². The summed E-state index contributed by atoms with van der Waals surface area (Å²) in [4.78, 5) is 12.6. The van der Waals surface area contributed by atoms with Crippen LogP contribution in [0.5, 0.6) is 0 Å². The van der Waals surface area contributed by atoms with E-state index >= 15 is 0 Å². The Bertz CT molecular complexity index is 463. The molecule has 2 N–H and O–H groups in total. The first-order valence-corrected chi connectivity index (χ1v) is 6.48. The Labute approximate surface area is 112 Å². The molecule has 0 aliphatic carbocycles. The number of rotatable bonds is 2. The molecule has 1 aliphatic heterocycles. The zero-order valence-corrected chi connectivity index (χ0v) is 11.5. The number of amides is 1. The molecule has 19 heavy (non-hydrogen) atoms. The molecule has 1 aromatic rings. The number of piperidine rings is 1. The van der Waals surface area contributed by atoms with Gasteiger partial charge < -0.3 is 19.6 Å². The highest BCUT2D eigenvalue weighted by molar-refractivity contribution is 5.65. The van der Waals surface area contributed by atoms with Crippen LogP contribution in [0.25, 0.3) is 0 Å². The fourth-order valence-electron chi connectivity index (χ4n) is 2.38. The van der Waals surface area contributed by atoms with Crippen molar-refractivity contribution in [2.45, 2.75) is 51.2 Å². The monoisotopic (exact) mass is 268 g/mol. The van der Waals surface area contributed by atoms with Crippen molar-refractivity contribution in [2.75, 3.05) is 6.54 Å². The smallest absolute Gasteiger partial charge is 0.407 e. The summed E-state index contributed by atoms with van der Waals surface area (Å²) in [6.07, 6.45) is 0.764. The second kappa shape index (κ2) is 4.85. The zero-order valence-electron chi connectivity index (χ0n) is 11.5. The van der Waals surface area contributed by atoms with Crippen LogP contribution in [0, 0.1) is 0 Å². The number of hydrogen-bond acceptors (Lipinski definition) is 4. The van der Waals surface area contributed by atoms with Crippen LogP contribution in [0.15, 0.2) is 10.6 Å². The van der Waals surface area contributed by atoms with Gasteiger partial charge in [-0.15, -0.1) is 0 Å². The topological polar surface area (TPSA) is 86.8 Å². The Morgan fingerprint density at radius 3 is 2.74 bits per heavy atom. The van der Waals surface area contributed by atoms with E-state index in [1.165, 1.54) is 4.90 Å². The molecule has 106 valence electrons. The van der Waals surface area contributed by atoms with E-state index in [1.807, 2.05) is 6.92 Å². The van der Waals surface area contributed by atoms with Gasteiger partial charge in [-0.3, -0.25) is 0 Å². The Kier molecular flexibility index (Phi) is 3.54. The van der Waals surface area contributed by atoms with E-state index in [4.69, 9.17) is 9.63 Å². The number of aliphatic hydroxyl groups is 1. The Balaban J connectivity index is 2.14. The minimum absolute atomic E-state index is 0.0101. The van der Waals surface area contributed by atoms with Gasteiger partial charge in [0.25, 0.3) is 0 Å². The van der Waals surface area contributed by atoms with Crippen molar-refractivity contribution in [1.29, 1.82) is 0 Å². The van der Waals surface area contributed by atoms with Crippen molar-refractivity contribution in [3.8, 4) is 0 Å². The van der Waals surface area contributed by atoms with Crippen LogP contribution in [0.1, 0.15) is 51.0 Å². The Hall–Kier alpha value is -1.56. The minimum Gasteiger partial charge on any atom is -0.465 e. The van der Waals surface area contributed by atoms with Gasteiger partial charge in [-0.1, -0.05) is 5.16 Å². The number of carboxylic acid groups (broad SMARTS) is 1. The van der Waals surface area contributed by atoms with Crippen molar-refractivity contribution in [3.63, 3.8) is 0 Å². The molecule has 0 saturated carbocycles. The summed E-state index contributed by atoms with van der Waals surface area (Å²) >= 11 is 0. The van der Waals surface area contributed by atoms with Crippen LogP contribution in [0.3, 0.4) is 0 Å². The van der Waals surface area contributed by atoms with Crippen LogP contribution >= 0.6 is 0 Å². The van der Waals surface area contributed by atoms with Gasteiger partial charge in [0.1, 0.15) is 17.1 Å². The first kappa shape index (κ1) is 13.9. The number of hydrogen-bond donors (Lipinski definition) is 2. The lowest BCUT2D eigenvalue weighted by atomic mass is 9.91. The lowest BCUT2D eigenvalue weighted by Crippen LogP contribution is -2.44. The highest BCUT2D eigenvalue weighted by Crippen LogP contribution is 2.32. The molecule has 1 aromatic heterocycles. The lowest BCUT2D eigenvalue weighted by molar-refractivity contribution is 0.0698. The molecular weight excluding hydrogens is 248 g/mol. The van der Waals surface area contributed by atoms with E-state index in [9.17, 15) is 9.90 Å². The maximum absolute atomic E-state index is 11.1. The summed E-state index contributed by atoms with van der Waals surface area (Å²) in [7, 11) is 0. The van der Waals surface area contributed by atoms with Gasteiger partial charge in [0.2, 0.25) is 0 Å². The molecule has 2 heterocycles. The van der Waals surface area contributed by atoms with Gasteiger partial charge in [-0.25, -0.2) is 4.79 Å². The zero-order chi connectivity index (χ0) is 14.2. The lowest BCUT2D eigenvalue weighted by Gasteiger charge is -2.34. The number of carbonyl (C=O) groups is 1. The van der Waals surface area contributed by atoms with E-state index < -0.39 is 11.7 Å². The van der Waals surface area contributed by atoms with Gasteiger partial charge in [0, 0.05) is 24.6 Å². The summed E-state index contributed by atoms with van der Waals surface area (Å²) in [5.74, 6) is 0.658. The molecular formula is C13H20N2O4. The molecule has 2 unspecified atom stereocenters. The maximum atomic E-state index is 11.1. The van der Waals surface area contributed by atoms with E-state index in [-0.39, 0.29) is 12.0 Å². The third kappa shape index (κ3) is 2.89. The largest absolute Gasteiger partial charge is 0.465 e. The first-order chi connectivity index (χ1) is 8.79. The fraction of sp³-hybridized carbons (Fsp3) is 0.692. The standard InChI is InChI=1S/C13H20N2O4/c1-8-4-5-9(7-15(8)12(16)17)10-6-11(14-19-10)13(2,3)18/h6,8-9,18H,4-5,7H2,1-3H3,(H,16,17). The average Bonchev–Trinajstić information content (AvgIpc) is 2.78. The molecule has 0 spiro atoms. The number of nitrogens with zero attached hydrogens (tertiary/aromatic N) is 2. The van der Waals surface area contributed by atoms with Crippen LogP contribution in [-0.2, 0) is 5.60 Å². The SMILES string of the molecule is CC1CCC(c2cc(C(C)(C)O)no2)CN1C(=O)O. The fourth-order valence-corrected chi connectivity index (χ4v) is 2.38. The summed E-state index contributed by atoms with van der Waals surface area (Å²) < 4.78 is 5.26. The van der Waals surface area contributed by atoms with Gasteiger partial charge >= 0.3 is 6.09 Å². The van der Waals surface area contributed by atoms with Gasteiger partial charge in [0.15, 0.2) is 0 Å². The summed E-state index contributed by atoms with van der Waals surface area (Å²) in [6.45, 7) is 5.60. The number of aromatic nitrogens is 1. The first-order valence-electron chi connectivity index (χ1n) is 6.48. The molecule has 1 aliphatic rings. The molecule has 2 atom stereocenters. The molecule has 1 saturated heterocycles. The normalized spacial score (nSPS) is 24.5. The van der Waals surface area contributed by atoms with Gasteiger partial charge in [-0.2, -0.15) is 0 Å². The van der Waals surface area contributed by atoms with Crippen LogP contribution in [0.4, 0.5) is 4.79 Å². The molecule has 0 aromatic carbocycles. The predicted molar refractivity (Wildman–Crippen MR) is 67.9 cm³/mol. The maximum Gasteiger partial charge on any atom is 0.407 e. The molecule has 2 rings (SSSR count). The Morgan fingerprint density at radius 2 is 2.21 bits per heavy atom. The predicted octanol–water partition coefficient (Wildman–Crippen LogP) is 2.15. The van der Waals surface area contributed by atoms with E-state index in [1.54, 1.807) is 19.9 Å². The quantitative estimate of drug-likeness (QED) is 0.858. The van der Waals surface area contributed by atoms with E-state index in [2.05, 4.69) is 5.16 Å². The second-order valence-electron chi connectivity index (χ2n) is 5.73. The van der Waals surface area contributed by atoms with Gasteiger partial charge in [0.05, 0.1) is 0 Å². The third-order valence-corrected chi connectivity index (χ3v) is 3.69. The molecule has 6 nitrogen and oxygen atoms in total. The average molecular weight is 268 g/mol. The second-order valence-corrected chi connectivity index (χ2v) is 5.73. The Morgan fingerprint density at radius 1 is 1.53 bits per heavy atom. The van der Waals surface area contributed by atoms with Crippen molar-refractivity contribution >= 4 is 6.09 Å². The van der Waals surface area contributed by atoms with Crippen LogP contribution in [0.2, 0.25) is 0 Å². The van der Waals surface area contributed by atoms with E-state index in [0.717, 1.165) is 12.8 Å². The number of likely N-dealkylation sites (tertiary alicyclic amines) is 1. The summed E-state index contributed by atoms with van der Waals surface area (Å²) in [5.41, 5.74) is -0.570. The van der Waals surface area contributed by atoms with Crippen molar-refractivity contribution < 1.29 is 19.5 Å². The molecule has 0 bridgehead atoms. The summed E-state index contributed by atoms with van der Waals surface area (Å²) in [6, 6.07) is 1.76. The minimum atomic E-state index is -1.05. The molecule has 6 heteroatoms. The van der Waals surface area contributed by atoms with Crippen LogP contribution < -0.4 is 0 Å². The van der Waals surface area contributed by atoms with Gasteiger partial charge in [-0.05, 0) is 33.6 Å². The van der Waals surface area contributed by atoms with E-state index in [0.29, 0.717) is 18.0 Å². The molecule has 1 fully saturated rings. The van der Waals surface area contributed by atoms with Crippen molar-refractivity contribution in [2.24, 2.45) is 0 Å². The summed E-state index contributed by atoms with van der Waals surface area (Å²) in [5, 5.41) is 22.9.